The Morgan fingerprint density at radius 3 is 2.36 bits per heavy atom. The van der Waals surface area contributed by atoms with E-state index >= 15 is 0 Å². The third-order valence-electron chi connectivity index (χ3n) is 2.96. The minimum absolute atomic E-state index is 0.0710. The van der Waals surface area contributed by atoms with Crippen LogP contribution in [0.5, 0.6) is 5.75 Å². The highest BCUT2D eigenvalue weighted by molar-refractivity contribution is 5.88. The smallest absolute Gasteiger partial charge is 0.417 e. The van der Waals surface area contributed by atoms with Gasteiger partial charge in [0.05, 0.1) is 19.8 Å². The molecule has 116 valence electrons. The number of halogens is 3. The van der Waals surface area contributed by atoms with E-state index in [9.17, 15) is 18.0 Å². The van der Waals surface area contributed by atoms with Crippen molar-refractivity contribution in [1.29, 1.82) is 0 Å². The van der Waals surface area contributed by atoms with Crippen molar-refractivity contribution in [3.63, 3.8) is 0 Å². The summed E-state index contributed by atoms with van der Waals surface area (Å²) in [6.45, 7) is 0. The minimum atomic E-state index is -4.55. The SMILES string of the molecule is COC(=O)c1ccc(OC)c(-c2ccccc2C(F)(F)F)n1. The molecule has 0 radical (unpaired) electrons. The molecule has 2 aromatic rings. The van der Waals surface area contributed by atoms with Gasteiger partial charge in [0.25, 0.3) is 0 Å². The summed E-state index contributed by atoms with van der Waals surface area (Å²) in [5.41, 5.74) is -1.20. The van der Waals surface area contributed by atoms with E-state index in [4.69, 9.17) is 4.74 Å². The van der Waals surface area contributed by atoms with Crippen LogP contribution in [-0.4, -0.2) is 25.2 Å². The van der Waals surface area contributed by atoms with Crippen molar-refractivity contribution >= 4 is 5.97 Å². The number of hydrogen-bond donors (Lipinski definition) is 0. The highest BCUT2D eigenvalue weighted by Crippen LogP contribution is 2.39. The molecule has 0 unspecified atom stereocenters. The average Bonchev–Trinajstić information content (AvgIpc) is 2.52. The molecule has 0 N–H and O–H groups in total. The quantitative estimate of drug-likeness (QED) is 0.813. The largest absolute Gasteiger partial charge is 0.494 e. The van der Waals surface area contributed by atoms with Gasteiger partial charge in [-0.2, -0.15) is 13.2 Å². The Bertz CT molecular complexity index is 699. The van der Waals surface area contributed by atoms with Gasteiger partial charge in [-0.15, -0.1) is 0 Å². The van der Waals surface area contributed by atoms with Crippen LogP contribution >= 0.6 is 0 Å². The standard InChI is InChI=1S/C15H12F3NO3/c1-21-12-8-7-11(14(20)22-2)19-13(12)9-5-3-4-6-10(9)15(16,17)18/h3-8H,1-2H3. The lowest BCUT2D eigenvalue weighted by atomic mass is 10.0. The van der Waals surface area contributed by atoms with Crippen LogP contribution in [0.25, 0.3) is 11.3 Å². The fourth-order valence-electron chi connectivity index (χ4n) is 1.96. The summed E-state index contributed by atoms with van der Waals surface area (Å²) in [6, 6.07) is 7.65. The predicted octanol–water partition coefficient (Wildman–Crippen LogP) is 3.56. The first-order valence-electron chi connectivity index (χ1n) is 6.18. The first kappa shape index (κ1) is 15.8. The van der Waals surface area contributed by atoms with Crippen LogP contribution < -0.4 is 4.74 Å². The van der Waals surface area contributed by atoms with Crippen molar-refractivity contribution in [3.05, 3.63) is 47.7 Å². The molecule has 7 heteroatoms. The molecular formula is C15H12F3NO3. The Morgan fingerprint density at radius 2 is 1.77 bits per heavy atom. The van der Waals surface area contributed by atoms with Crippen LogP contribution in [0, 0.1) is 0 Å². The fourth-order valence-corrected chi connectivity index (χ4v) is 1.96. The molecule has 1 aromatic heterocycles. The highest BCUT2D eigenvalue weighted by atomic mass is 19.4. The maximum Gasteiger partial charge on any atom is 0.417 e. The molecule has 0 aliphatic rings. The minimum Gasteiger partial charge on any atom is -0.494 e. The van der Waals surface area contributed by atoms with Crippen LogP contribution in [0.2, 0.25) is 0 Å². The Labute approximate surface area is 124 Å². The Hall–Kier alpha value is -2.57. The summed E-state index contributed by atoms with van der Waals surface area (Å²) in [6.07, 6.45) is -4.55. The van der Waals surface area contributed by atoms with E-state index in [1.807, 2.05) is 0 Å². The van der Waals surface area contributed by atoms with Crippen molar-refractivity contribution < 1.29 is 27.4 Å². The van der Waals surface area contributed by atoms with Crippen molar-refractivity contribution in [1.82, 2.24) is 4.98 Å². The molecule has 2 rings (SSSR count). The van der Waals surface area contributed by atoms with Gasteiger partial charge in [0.1, 0.15) is 17.1 Å². The molecule has 4 nitrogen and oxygen atoms in total. The summed E-state index contributed by atoms with van der Waals surface area (Å²) >= 11 is 0. The number of ether oxygens (including phenoxy) is 2. The second-order valence-electron chi connectivity index (χ2n) is 4.28. The lowest BCUT2D eigenvalue weighted by Crippen LogP contribution is -2.10. The molecule has 0 bridgehead atoms. The molecule has 0 spiro atoms. The van der Waals surface area contributed by atoms with E-state index in [1.165, 1.54) is 37.4 Å². The summed E-state index contributed by atoms with van der Waals surface area (Å²) in [7, 11) is 2.48. The third kappa shape index (κ3) is 3.03. The summed E-state index contributed by atoms with van der Waals surface area (Å²) in [4.78, 5) is 15.5. The van der Waals surface area contributed by atoms with E-state index in [0.29, 0.717) is 0 Å². The zero-order chi connectivity index (χ0) is 16.3. The maximum atomic E-state index is 13.1. The predicted molar refractivity (Wildman–Crippen MR) is 72.6 cm³/mol. The molecule has 0 aliphatic carbocycles. The molecule has 0 atom stereocenters. The van der Waals surface area contributed by atoms with Gasteiger partial charge in [-0.25, -0.2) is 9.78 Å². The number of carbonyl (C=O) groups excluding carboxylic acids is 1. The lowest BCUT2D eigenvalue weighted by Gasteiger charge is -2.15. The Kier molecular flexibility index (Phi) is 4.35. The monoisotopic (exact) mass is 311 g/mol. The van der Waals surface area contributed by atoms with Gasteiger partial charge in [0.15, 0.2) is 0 Å². The van der Waals surface area contributed by atoms with Crippen LogP contribution in [-0.2, 0) is 10.9 Å². The van der Waals surface area contributed by atoms with Crippen LogP contribution in [0.15, 0.2) is 36.4 Å². The number of aromatic nitrogens is 1. The van der Waals surface area contributed by atoms with Gasteiger partial charge in [-0.1, -0.05) is 18.2 Å². The Morgan fingerprint density at radius 1 is 1.09 bits per heavy atom. The summed E-state index contributed by atoms with van der Waals surface area (Å²) in [5, 5.41) is 0. The zero-order valence-corrected chi connectivity index (χ0v) is 11.8. The van der Waals surface area contributed by atoms with E-state index in [-0.39, 0.29) is 22.7 Å². The van der Waals surface area contributed by atoms with Crippen molar-refractivity contribution in [2.45, 2.75) is 6.18 Å². The van der Waals surface area contributed by atoms with Gasteiger partial charge in [-0.05, 0) is 18.2 Å². The molecule has 0 fully saturated rings. The van der Waals surface area contributed by atoms with E-state index < -0.39 is 17.7 Å². The van der Waals surface area contributed by atoms with Crippen molar-refractivity contribution in [3.8, 4) is 17.0 Å². The molecule has 1 heterocycles. The van der Waals surface area contributed by atoms with E-state index in [0.717, 1.165) is 13.2 Å². The number of nitrogens with zero attached hydrogens (tertiary/aromatic N) is 1. The van der Waals surface area contributed by atoms with Crippen LogP contribution in [0.1, 0.15) is 16.1 Å². The summed E-state index contributed by atoms with van der Waals surface area (Å²) < 4.78 is 49.0. The number of carbonyl (C=O) groups is 1. The van der Waals surface area contributed by atoms with Crippen LogP contribution in [0.4, 0.5) is 13.2 Å². The average molecular weight is 311 g/mol. The number of methoxy groups -OCH3 is 2. The molecule has 0 aliphatic heterocycles. The van der Waals surface area contributed by atoms with Gasteiger partial charge < -0.3 is 9.47 Å². The normalized spacial score (nSPS) is 11.1. The number of alkyl halides is 3. The van der Waals surface area contributed by atoms with E-state index in [1.54, 1.807) is 0 Å². The van der Waals surface area contributed by atoms with Gasteiger partial charge >= 0.3 is 12.1 Å². The number of pyridine rings is 1. The second kappa shape index (κ2) is 6.05. The number of esters is 1. The van der Waals surface area contributed by atoms with Crippen molar-refractivity contribution in [2.75, 3.05) is 14.2 Å². The van der Waals surface area contributed by atoms with Gasteiger partial charge in [0, 0.05) is 5.56 Å². The molecule has 22 heavy (non-hydrogen) atoms. The fraction of sp³-hybridized carbons (Fsp3) is 0.200. The van der Waals surface area contributed by atoms with Crippen molar-refractivity contribution in [2.24, 2.45) is 0 Å². The van der Waals surface area contributed by atoms with Gasteiger partial charge in [-0.3, -0.25) is 0 Å². The summed E-state index contributed by atoms with van der Waals surface area (Å²) in [5.74, 6) is -0.613. The number of hydrogen-bond acceptors (Lipinski definition) is 4. The van der Waals surface area contributed by atoms with Crippen LogP contribution in [0.3, 0.4) is 0 Å². The molecule has 1 aromatic carbocycles. The topological polar surface area (TPSA) is 48.4 Å². The lowest BCUT2D eigenvalue weighted by molar-refractivity contribution is -0.137. The highest BCUT2D eigenvalue weighted by Gasteiger charge is 2.34. The molecule has 0 saturated carbocycles. The first-order valence-corrected chi connectivity index (χ1v) is 6.18. The molecular weight excluding hydrogens is 299 g/mol. The molecule has 0 amide bonds. The Balaban J connectivity index is 2.68. The second-order valence-corrected chi connectivity index (χ2v) is 4.28. The van der Waals surface area contributed by atoms with Gasteiger partial charge in [0.2, 0.25) is 0 Å². The zero-order valence-electron chi connectivity index (χ0n) is 11.8. The molecule has 0 saturated heterocycles. The van der Waals surface area contributed by atoms with E-state index in [2.05, 4.69) is 9.72 Å². The number of rotatable bonds is 3. The number of benzene rings is 1. The maximum absolute atomic E-state index is 13.1. The third-order valence-corrected chi connectivity index (χ3v) is 2.96. The first-order chi connectivity index (χ1) is 10.4.